The number of hydrogen-bond donors (Lipinski definition) is 2. The Hall–Kier alpha value is -2.67. The molecule has 1 aromatic carbocycles. The summed E-state index contributed by atoms with van der Waals surface area (Å²) in [7, 11) is 1.58. The molecule has 1 unspecified atom stereocenters. The average molecular weight is 344 g/mol. The molecule has 0 aliphatic rings. The van der Waals surface area contributed by atoms with Crippen molar-refractivity contribution >= 4 is 17.5 Å². The summed E-state index contributed by atoms with van der Waals surface area (Å²) < 4.78 is 6.67. The fourth-order valence-corrected chi connectivity index (χ4v) is 2.48. The van der Waals surface area contributed by atoms with Crippen LogP contribution in [0.4, 0.5) is 5.69 Å². The van der Waals surface area contributed by atoms with Crippen molar-refractivity contribution < 1.29 is 14.3 Å². The molecule has 1 atom stereocenters. The van der Waals surface area contributed by atoms with Gasteiger partial charge >= 0.3 is 0 Å². The molecule has 0 aliphatic heterocycles. The summed E-state index contributed by atoms with van der Waals surface area (Å²) in [6.07, 6.45) is 3.81. The van der Waals surface area contributed by atoms with Crippen LogP contribution in [0, 0.1) is 6.92 Å². The molecule has 0 saturated heterocycles. The monoisotopic (exact) mass is 344 g/mol. The zero-order chi connectivity index (χ0) is 18.2. The zero-order valence-corrected chi connectivity index (χ0v) is 14.8. The fourth-order valence-electron chi connectivity index (χ4n) is 2.48. The topological polar surface area (TPSA) is 85.3 Å². The molecule has 2 amide bonds. The number of amides is 2. The number of carbonyl (C=O) groups is 2. The number of benzene rings is 1. The van der Waals surface area contributed by atoms with Gasteiger partial charge in [0.1, 0.15) is 0 Å². The van der Waals surface area contributed by atoms with Crippen LogP contribution in [0.25, 0.3) is 0 Å². The zero-order valence-electron chi connectivity index (χ0n) is 14.8. The Kier molecular flexibility index (Phi) is 6.71. The van der Waals surface area contributed by atoms with E-state index in [1.807, 2.05) is 26.1 Å². The standard InChI is InChI=1S/C18H24N4O3/c1-13(22-10-5-8-20-22)12-17(23)21-16-7-4-6-15(14(16)2)18(24)19-9-11-25-3/h4-8,10,13H,9,11-12H2,1-3H3,(H,19,24)(H,21,23). The van der Waals surface area contributed by atoms with Crippen LogP contribution < -0.4 is 10.6 Å². The average Bonchev–Trinajstić information content (AvgIpc) is 3.11. The van der Waals surface area contributed by atoms with Gasteiger partial charge in [-0.1, -0.05) is 6.07 Å². The lowest BCUT2D eigenvalue weighted by atomic mass is 10.1. The van der Waals surface area contributed by atoms with Gasteiger partial charge in [-0.15, -0.1) is 0 Å². The smallest absolute Gasteiger partial charge is 0.251 e. The molecular formula is C18H24N4O3. The first-order valence-corrected chi connectivity index (χ1v) is 8.18. The maximum Gasteiger partial charge on any atom is 0.251 e. The van der Waals surface area contributed by atoms with Crippen LogP contribution in [-0.4, -0.2) is 41.9 Å². The van der Waals surface area contributed by atoms with Crippen molar-refractivity contribution in [3.63, 3.8) is 0 Å². The van der Waals surface area contributed by atoms with E-state index in [1.165, 1.54) is 0 Å². The first-order chi connectivity index (χ1) is 12.0. The van der Waals surface area contributed by atoms with E-state index in [2.05, 4.69) is 15.7 Å². The summed E-state index contributed by atoms with van der Waals surface area (Å²) in [6, 6.07) is 7.06. The molecule has 1 aromatic heterocycles. The summed E-state index contributed by atoms with van der Waals surface area (Å²) in [5.74, 6) is -0.307. The Morgan fingerprint density at radius 3 is 2.80 bits per heavy atom. The van der Waals surface area contributed by atoms with Crippen molar-refractivity contribution in [3.05, 3.63) is 47.8 Å². The molecular weight excluding hydrogens is 320 g/mol. The second-order valence-electron chi connectivity index (χ2n) is 5.81. The van der Waals surface area contributed by atoms with Crippen LogP contribution in [0.2, 0.25) is 0 Å². The van der Waals surface area contributed by atoms with E-state index in [0.717, 1.165) is 5.56 Å². The lowest BCUT2D eigenvalue weighted by Gasteiger charge is -2.15. The fraction of sp³-hybridized carbons (Fsp3) is 0.389. The first kappa shape index (κ1) is 18.7. The highest BCUT2D eigenvalue weighted by molar-refractivity contribution is 5.99. The van der Waals surface area contributed by atoms with Gasteiger partial charge in [-0.25, -0.2) is 0 Å². The van der Waals surface area contributed by atoms with Crippen molar-refractivity contribution in [2.45, 2.75) is 26.3 Å². The van der Waals surface area contributed by atoms with E-state index < -0.39 is 0 Å². The molecule has 0 spiro atoms. The molecule has 2 rings (SSSR count). The predicted octanol–water partition coefficient (Wildman–Crippen LogP) is 2.16. The van der Waals surface area contributed by atoms with Crippen LogP contribution >= 0.6 is 0 Å². The first-order valence-electron chi connectivity index (χ1n) is 8.18. The Balaban J connectivity index is 2.01. The van der Waals surface area contributed by atoms with Gasteiger partial charge in [0.2, 0.25) is 5.91 Å². The van der Waals surface area contributed by atoms with E-state index >= 15 is 0 Å². The maximum absolute atomic E-state index is 12.3. The summed E-state index contributed by atoms with van der Waals surface area (Å²) in [4.78, 5) is 24.5. The third-order valence-corrected chi connectivity index (χ3v) is 3.90. The Morgan fingerprint density at radius 2 is 2.12 bits per heavy atom. The molecule has 0 bridgehead atoms. The molecule has 7 nitrogen and oxygen atoms in total. The highest BCUT2D eigenvalue weighted by Gasteiger charge is 2.15. The van der Waals surface area contributed by atoms with E-state index in [1.54, 1.807) is 36.2 Å². The van der Waals surface area contributed by atoms with Gasteiger partial charge in [0.25, 0.3) is 5.91 Å². The molecule has 2 N–H and O–H groups in total. The number of ether oxygens (including phenoxy) is 1. The molecule has 134 valence electrons. The largest absolute Gasteiger partial charge is 0.383 e. The summed E-state index contributed by atoms with van der Waals surface area (Å²) in [5.41, 5.74) is 1.91. The van der Waals surface area contributed by atoms with E-state index in [0.29, 0.717) is 30.8 Å². The number of methoxy groups -OCH3 is 1. The van der Waals surface area contributed by atoms with Gasteiger partial charge in [-0.05, 0) is 37.6 Å². The van der Waals surface area contributed by atoms with E-state index in [4.69, 9.17) is 4.74 Å². The minimum atomic E-state index is -0.185. The van der Waals surface area contributed by atoms with Gasteiger partial charge in [-0.2, -0.15) is 5.10 Å². The maximum atomic E-state index is 12.3. The number of aromatic nitrogens is 2. The summed E-state index contributed by atoms with van der Waals surface area (Å²) >= 11 is 0. The minimum absolute atomic E-state index is 0.0455. The third kappa shape index (κ3) is 5.15. The SMILES string of the molecule is COCCNC(=O)c1cccc(NC(=O)CC(C)n2cccn2)c1C. The van der Waals surface area contributed by atoms with Crippen LogP contribution in [0.5, 0.6) is 0 Å². The highest BCUT2D eigenvalue weighted by Crippen LogP contribution is 2.20. The Bertz CT molecular complexity index is 713. The van der Waals surface area contributed by atoms with Gasteiger partial charge in [0, 0.05) is 43.7 Å². The number of anilines is 1. The molecule has 0 radical (unpaired) electrons. The number of carbonyl (C=O) groups excluding carboxylic acids is 2. The van der Waals surface area contributed by atoms with Crippen molar-refractivity contribution in [2.75, 3.05) is 25.6 Å². The lowest BCUT2D eigenvalue weighted by molar-refractivity contribution is -0.116. The molecule has 0 aliphatic carbocycles. The van der Waals surface area contributed by atoms with E-state index in [9.17, 15) is 9.59 Å². The lowest BCUT2D eigenvalue weighted by Crippen LogP contribution is -2.28. The molecule has 7 heteroatoms. The highest BCUT2D eigenvalue weighted by atomic mass is 16.5. The normalized spacial score (nSPS) is 11.8. The molecule has 1 heterocycles. The quantitative estimate of drug-likeness (QED) is 0.719. The second kappa shape index (κ2) is 8.98. The Labute approximate surface area is 147 Å². The third-order valence-electron chi connectivity index (χ3n) is 3.90. The molecule has 0 saturated carbocycles. The van der Waals surface area contributed by atoms with Gasteiger partial charge in [0.05, 0.1) is 12.6 Å². The summed E-state index contributed by atoms with van der Waals surface area (Å²) in [6.45, 7) is 4.64. The number of rotatable bonds is 8. The molecule has 2 aromatic rings. The number of nitrogens with zero attached hydrogens (tertiary/aromatic N) is 2. The number of hydrogen-bond acceptors (Lipinski definition) is 4. The Morgan fingerprint density at radius 1 is 1.32 bits per heavy atom. The van der Waals surface area contributed by atoms with Crippen LogP contribution in [-0.2, 0) is 9.53 Å². The van der Waals surface area contributed by atoms with Crippen molar-refractivity contribution in [1.29, 1.82) is 0 Å². The van der Waals surface area contributed by atoms with Gasteiger partial charge in [0.15, 0.2) is 0 Å². The van der Waals surface area contributed by atoms with Crippen LogP contribution in [0.3, 0.4) is 0 Å². The summed E-state index contributed by atoms with van der Waals surface area (Å²) in [5, 5.41) is 9.80. The van der Waals surface area contributed by atoms with Crippen LogP contribution in [0.1, 0.15) is 35.3 Å². The minimum Gasteiger partial charge on any atom is -0.383 e. The second-order valence-corrected chi connectivity index (χ2v) is 5.81. The van der Waals surface area contributed by atoms with Crippen LogP contribution in [0.15, 0.2) is 36.7 Å². The van der Waals surface area contributed by atoms with Gasteiger partial charge < -0.3 is 15.4 Å². The van der Waals surface area contributed by atoms with Crippen molar-refractivity contribution in [3.8, 4) is 0 Å². The predicted molar refractivity (Wildman–Crippen MR) is 95.6 cm³/mol. The van der Waals surface area contributed by atoms with Crippen molar-refractivity contribution in [1.82, 2.24) is 15.1 Å². The number of nitrogens with one attached hydrogen (secondary N) is 2. The van der Waals surface area contributed by atoms with Gasteiger partial charge in [-0.3, -0.25) is 14.3 Å². The molecule has 25 heavy (non-hydrogen) atoms. The van der Waals surface area contributed by atoms with E-state index in [-0.39, 0.29) is 17.9 Å². The van der Waals surface area contributed by atoms with Crippen molar-refractivity contribution in [2.24, 2.45) is 0 Å². The molecule has 0 fully saturated rings.